The van der Waals surface area contributed by atoms with Crippen LogP contribution in [0.25, 0.3) is 0 Å². The average molecular weight is 248 g/mol. The van der Waals surface area contributed by atoms with Gasteiger partial charge in [-0.2, -0.15) is 0 Å². The van der Waals surface area contributed by atoms with Gasteiger partial charge in [0, 0.05) is 23.9 Å². The van der Waals surface area contributed by atoms with E-state index in [0.29, 0.717) is 12.0 Å². The van der Waals surface area contributed by atoms with Crippen LogP contribution < -0.4 is 5.32 Å². The standard InChI is InChI=1S/C15H24N2O/c1-11(2)18-10-14(16-3)13-8-4-6-12-7-5-9-17-15(12)13/h5,7,9,11,13-14,16H,4,6,8,10H2,1-3H3. The van der Waals surface area contributed by atoms with E-state index in [2.05, 4.69) is 30.2 Å². The van der Waals surface area contributed by atoms with Gasteiger partial charge in [-0.1, -0.05) is 6.07 Å². The second kappa shape index (κ2) is 6.30. The van der Waals surface area contributed by atoms with Crippen molar-refractivity contribution in [3.05, 3.63) is 29.6 Å². The highest BCUT2D eigenvalue weighted by molar-refractivity contribution is 5.27. The molecule has 2 unspecified atom stereocenters. The van der Waals surface area contributed by atoms with Gasteiger partial charge < -0.3 is 10.1 Å². The van der Waals surface area contributed by atoms with Gasteiger partial charge in [-0.15, -0.1) is 0 Å². The van der Waals surface area contributed by atoms with E-state index >= 15 is 0 Å². The van der Waals surface area contributed by atoms with Crippen molar-refractivity contribution in [1.82, 2.24) is 10.3 Å². The zero-order chi connectivity index (χ0) is 13.0. The Morgan fingerprint density at radius 1 is 1.50 bits per heavy atom. The Hall–Kier alpha value is -0.930. The summed E-state index contributed by atoms with van der Waals surface area (Å²) in [6.07, 6.45) is 5.82. The number of fused-ring (bicyclic) bond motifs is 1. The van der Waals surface area contributed by atoms with E-state index in [1.807, 2.05) is 19.3 Å². The van der Waals surface area contributed by atoms with E-state index in [0.717, 1.165) is 6.61 Å². The molecule has 0 spiro atoms. The molecule has 100 valence electrons. The lowest BCUT2D eigenvalue weighted by molar-refractivity contribution is 0.0555. The van der Waals surface area contributed by atoms with Gasteiger partial charge in [-0.05, 0) is 51.8 Å². The molecule has 2 atom stereocenters. The Kier molecular flexibility index (Phi) is 4.72. The second-order valence-corrected chi connectivity index (χ2v) is 5.32. The number of hydrogen-bond donors (Lipinski definition) is 1. The summed E-state index contributed by atoms with van der Waals surface area (Å²) in [5.74, 6) is 0.485. The summed E-state index contributed by atoms with van der Waals surface area (Å²) in [5, 5.41) is 3.40. The summed E-state index contributed by atoms with van der Waals surface area (Å²) in [6.45, 7) is 4.93. The third-order valence-corrected chi connectivity index (χ3v) is 3.70. The van der Waals surface area contributed by atoms with Crippen LogP contribution in [0.1, 0.15) is 43.9 Å². The topological polar surface area (TPSA) is 34.1 Å². The molecule has 1 aliphatic rings. The quantitative estimate of drug-likeness (QED) is 0.869. The van der Waals surface area contributed by atoms with Crippen molar-refractivity contribution in [2.24, 2.45) is 0 Å². The lowest BCUT2D eigenvalue weighted by Crippen LogP contribution is -2.39. The minimum atomic E-state index is 0.285. The number of aromatic nitrogens is 1. The van der Waals surface area contributed by atoms with Gasteiger partial charge in [-0.3, -0.25) is 4.98 Å². The number of likely N-dealkylation sites (N-methyl/N-ethyl adjacent to an activating group) is 1. The molecule has 1 N–H and O–H groups in total. The van der Waals surface area contributed by atoms with Gasteiger partial charge >= 0.3 is 0 Å². The number of hydrogen-bond acceptors (Lipinski definition) is 3. The first-order valence-corrected chi connectivity index (χ1v) is 6.95. The van der Waals surface area contributed by atoms with Gasteiger partial charge in [0.2, 0.25) is 0 Å². The summed E-state index contributed by atoms with van der Waals surface area (Å²) in [7, 11) is 2.02. The van der Waals surface area contributed by atoms with E-state index in [1.165, 1.54) is 30.5 Å². The number of pyridine rings is 1. The van der Waals surface area contributed by atoms with Crippen molar-refractivity contribution in [3.63, 3.8) is 0 Å². The molecule has 2 rings (SSSR count). The fourth-order valence-corrected chi connectivity index (χ4v) is 2.73. The summed E-state index contributed by atoms with van der Waals surface area (Å²) in [5.41, 5.74) is 2.69. The Morgan fingerprint density at radius 3 is 3.06 bits per heavy atom. The van der Waals surface area contributed by atoms with Crippen LogP contribution in [0.2, 0.25) is 0 Å². The van der Waals surface area contributed by atoms with E-state index in [1.54, 1.807) is 0 Å². The maximum absolute atomic E-state index is 5.77. The maximum atomic E-state index is 5.77. The molecule has 0 saturated carbocycles. The van der Waals surface area contributed by atoms with Gasteiger partial charge in [0.1, 0.15) is 0 Å². The average Bonchev–Trinajstić information content (AvgIpc) is 2.39. The first-order valence-electron chi connectivity index (χ1n) is 6.95. The first-order chi connectivity index (χ1) is 8.72. The van der Waals surface area contributed by atoms with E-state index < -0.39 is 0 Å². The normalized spacial score (nSPS) is 20.8. The summed E-state index contributed by atoms with van der Waals surface area (Å²) in [4.78, 5) is 4.60. The van der Waals surface area contributed by atoms with Gasteiger partial charge in [0.15, 0.2) is 0 Å². The molecule has 0 bridgehead atoms. The van der Waals surface area contributed by atoms with Crippen LogP contribution in [0.15, 0.2) is 18.3 Å². The summed E-state index contributed by atoms with van der Waals surface area (Å²) >= 11 is 0. The van der Waals surface area contributed by atoms with Crippen molar-refractivity contribution in [3.8, 4) is 0 Å². The smallest absolute Gasteiger partial charge is 0.0629 e. The number of aryl methyl sites for hydroxylation is 1. The van der Waals surface area contributed by atoms with Gasteiger partial charge in [0.05, 0.1) is 12.7 Å². The third kappa shape index (κ3) is 3.09. The lowest BCUT2D eigenvalue weighted by atomic mass is 9.82. The fraction of sp³-hybridized carbons (Fsp3) is 0.667. The van der Waals surface area contributed by atoms with E-state index in [9.17, 15) is 0 Å². The molecule has 0 radical (unpaired) electrons. The van der Waals surface area contributed by atoms with Crippen molar-refractivity contribution in [1.29, 1.82) is 0 Å². The highest BCUT2D eigenvalue weighted by atomic mass is 16.5. The molecule has 3 heteroatoms. The van der Waals surface area contributed by atoms with Crippen molar-refractivity contribution >= 4 is 0 Å². The molecule has 1 aliphatic carbocycles. The molecule has 0 fully saturated rings. The molecule has 0 amide bonds. The van der Waals surface area contributed by atoms with Crippen LogP contribution in [0.3, 0.4) is 0 Å². The predicted octanol–water partition coefficient (Wildman–Crippen LogP) is 2.51. The largest absolute Gasteiger partial charge is 0.377 e. The van der Waals surface area contributed by atoms with Gasteiger partial charge in [0.25, 0.3) is 0 Å². The van der Waals surface area contributed by atoms with E-state index in [-0.39, 0.29) is 6.10 Å². The molecule has 1 aromatic rings. The summed E-state index contributed by atoms with van der Waals surface area (Å²) in [6, 6.07) is 4.62. The minimum Gasteiger partial charge on any atom is -0.377 e. The predicted molar refractivity (Wildman–Crippen MR) is 73.9 cm³/mol. The van der Waals surface area contributed by atoms with Crippen molar-refractivity contribution < 1.29 is 4.74 Å². The van der Waals surface area contributed by atoms with Crippen LogP contribution in [-0.4, -0.2) is 30.8 Å². The number of nitrogens with one attached hydrogen (secondary N) is 1. The molecule has 1 aromatic heterocycles. The molecule has 0 aliphatic heterocycles. The highest BCUT2D eigenvalue weighted by Gasteiger charge is 2.28. The Balaban J connectivity index is 2.12. The monoisotopic (exact) mass is 248 g/mol. The van der Waals surface area contributed by atoms with Crippen LogP contribution in [-0.2, 0) is 11.2 Å². The fourth-order valence-electron chi connectivity index (χ4n) is 2.73. The molecule has 0 aromatic carbocycles. The maximum Gasteiger partial charge on any atom is 0.0629 e. The van der Waals surface area contributed by atoms with Crippen LogP contribution in [0.4, 0.5) is 0 Å². The second-order valence-electron chi connectivity index (χ2n) is 5.32. The van der Waals surface area contributed by atoms with Crippen molar-refractivity contribution in [2.45, 2.75) is 51.2 Å². The number of ether oxygens (including phenoxy) is 1. The third-order valence-electron chi connectivity index (χ3n) is 3.70. The minimum absolute atomic E-state index is 0.285. The highest BCUT2D eigenvalue weighted by Crippen LogP contribution is 2.32. The molecule has 3 nitrogen and oxygen atoms in total. The van der Waals surface area contributed by atoms with Crippen LogP contribution in [0.5, 0.6) is 0 Å². The number of rotatable bonds is 5. The van der Waals surface area contributed by atoms with Gasteiger partial charge in [-0.25, -0.2) is 0 Å². The molecule has 1 heterocycles. The molecular weight excluding hydrogens is 224 g/mol. The summed E-state index contributed by atoms with van der Waals surface area (Å²) < 4.78 is 5.77. The first kappa shape index (κ1) is 13.5. The zero-order valence-electron chi connectivity index (χ0n) is 11.6. The Labute approximate surface area is 110 Å². The van der Waals surface area contributed by atoms with Crippen molar-refractivity contribution in [2.75, 3.05) is 13.7 Å². The Bertz CT molecular complexity index is 379. The zero-order valence-corrected chi connectivity index (χ0v) is 11.6. The molecule has 18 heavy (non-hydrogen) atoms. The van der Waals surface area contributed by atoms with E-state index in [4.69, 9.17) is 4.74 Å². The molecular formula is C15H24N2O. The molecule has 0 saturated heterocycles. The number of nitrogens with zero attached hydrogens (tertiary/aromatic N) is 1. The van der Waals surface area contributed by atoms with Crippen LogP contribution >= 0.6 is 0 Å². The Morgan fingerprint density at radius 2 is 2.33 bits per heavy atom. The SMILES string of the molecule is CNC(COC(C)C)C1CCCc2cccnc21. The lowest BCUT2D eigenvalue weighted by Gasteiger charge is -2.31. The van der Waals surface area contributed by atoms with Crippen LogP contribution in [0, 0.1) is 0 Å².